The molecule has 0 aliphatic carbocycles. The Morgan fingerprint density at radius 3 is 2.71 bits per heavy atom. The predicted molar refractivity (Wildman–Crippen MR) is 118 cm³/mol. The molecular formula is C20H11Cl3N2O2S. The minimum atomic E-state index is -0.477. The maximum absolute atomic E-state index is 12.5. The smallest absolute Gasteiger partial charge is 0.283 e. The molecule has 0 aliphatic heterocycles. The quantitative estimate of drug-likeness (QED) is 0.277. The number of phenolic OH excluding ortho intramolecular Hbond substituents is 1. The highest BCUT2D eigenvalue weighted by Gasteiger charge is 2.19. The molecule has 0 bridgehead atoms. The summed E-state index contributed by atoms with van der Waals surface area (Å²) in [5.41, 5.74) is 2.95. The van der Waals surface area contributed by atoms with Crippen molar-refractivity contribution >= 4 is 79.1 Å². The molecule has 0 saturated heterocycles. The van der Waals surface area contributed by atoms with Gasteiger partial charge in [-0.05, 0) is 29.0 Å². The summed E-state index contributed by atoms with van der Waals surface area (Å²) in [4.78, 5) is 12.8. The van der Waals surface area contributed by atoms with Crippen molar-refractivity contribution in [1.82, 2.24) is 5.43 Å². The van der Waals surface area contributed by atoms with E-state index in [1.807, 2.05) is 30.3 Å². The van der Waals surface area contributed by atoms with E-state index >= 15 is 0 Å². The Morgan fingerprint density at radius 2 is 1.89 bits per heavy atom. The minimum absolute atomic E-state index is 0.0676. The molecule has 0 atom stereocenters. The molecule has 3 aromatic carbocycles. The summed E-state index contributed by atoms with van der Waals surface area (Å²) in [6.45, 7) is 0. The SMILES string of the molecule is O=C(N/N=C/c1c(O)ccc2ccccc12)c1sc2cc(Cl)cc(Cl)c2c1Cl. The second-order valence-electron chi connectivity index (χ2n) is 5.92. The van der Waals surface area contributed by atoms with E-state index in [1.54, 1.807) is 18.2 Å². The van der Waals surface area contributed by atoms with Gasteiger partial charge in [-0.15, -0.1) is 11.3 Å². The third-order valence-corrected chi connectivity index (χ3v) is 6.31. The Labute approximate surface area is 179 Å². The van der Waals surface area contributed by atoms with Crippen molar-refractivity contribution in [3.8, 4) is 5.75 Å². The molecule has 1 amide bonds. The summed E-state index contributed by atoms with van der Waals surface area (Å²) in [6.07, 6.45) is 1.40. The average molecular weight is 450 g/mol. The molecule has 0 saturated carbocycles. The van der Waals surface area contributed by atoms with Crippen LogP contribution in [0.1, 0.15) is 15.2 Å². The van der Waals surface area contributed by atoms with Crippen LogP contribution in [0.5, 0.6) is 5.75 Å². The van der Waals surface area contributed by atoms with Crippen LogP contribution in [-0.2, 0) is 0 Å². The number of phenols is 1. The van der Waals surface area contributed by atoms with E-state index in [0.29, 0.717) is 25.7 Å². The van der Waals surface area contributed by atoms with Gasteiger partial charge in [-0.2, -0.15) is 5.10 Å². The predicted octanol–water partition coefficient (Wildman–Crippen LogP) is 6.48. The summed E-state index contributed by atoms with van der Waals surface area (Å²) in [5, 5.41) is 17.6. The number of benzene rings is 3. The number of halogens is 3. The van der Waals surface area contributed by atoms with Gasteiger partial charge in [-0.1, -0.05) is 65.1 Å². The van der Waals surface area contributed by atoms with Gasteiger partial charge in [-0.3, -0.25) is 4.79 Å². The van der Waals surface area contributed by atoms with Crippen LogP contribution in [0.2, 0.25) is 15.1 Å². The summed E-state index contributed by atoms with van der Waals surface area (Å²) in [7, 11) is 0. The normalized spacial score (nSPS) is 11.5. The second kappa shape index (κ2) is 7.60. The zero-order valence-corrected chi connectivity index (χ0v) is 17.1. The number of hydrogen-bond donors (Lipinski definition) is 2. The average Bonchev–Trinajstić information content (AvgIpc) is 3.00. The highest BCUT2D eigenvalue weighted by atomic mass is 35.5. The van der Waals surface area contributed by atoms with Crippen molar-refractivity contribution in [3.05, 3.63) is 74.0 Å². The van der Waals surface area contributed by atoms with Gasteiger partial charge in [0.25, 0.3) is 5.91 Å². The molecule has 0 spiro atoms. The van der Waals surface area contributed by atoms with Gasteiger partial charge in [0.2, 0.25) is 0 Å². The van der Waals surface area contributed by atoms with Crippen molar-refractivity contribution < 1.29 is 9.90 Å². The lowest BCUT2D eigenvalue weighted by Crippen LogP contribution is -2.16. The largest absolute Gasteiger partial charge is 0.507 e. The number of amides is 1. The van der Waals surface area contributed by atoms with Gasteiger partial charge < -0.3 is 5.11 Å². The number of carbonyl (C=O) groups excluding carboxylic acids is 1. The number of thiophene rings is 1. The molecule has 8 heteroatoms. The molecule has 140 valence electrons. The van der Waals surface area contributed by atoms with Crippen LogP contribution in [0.3, 0.4) is 0 Å². The van der Waals surface area contributed by atoms with Crippen molar-refractivity contribution in [2.24, 2.45) is 5.10 Å². The van der Waals surface area contributed by atoms with Gasteiger partial charge in [0.05, 0.1) is 16.3 Å². The first-order chi connectivity index (χ1) is 13.5. The summed E-state index contributed by atoms with van der Waals surface area (Å²) in [6, 6.07) is 14.2. The van der Waals surface area contributed by atoms with E-state index in [9.17, 15) is 9.90 Å². The molecule has 1 aromatic heterocycles. The molecule has 4 rings (SSSR count). The number of rotatable bonds is 3. The zero-order chi connectivity index (χ0) is 19.8. The van der Waals surface area contributed by atoms with E-state index in [0.717, 1.165) is 10.8 Å². The van der Waals surface area contributed by atoms with Gasteiger partial charge in [0.1, 0.15) is 10.6 Å². The third kappa shape index (κ3) is 3.42. The van der Waals surface area contributed by atoms with E-state index in [4.69, 9.17) is 34.8 Å². The Balaban J connectivity index is 1.64. The first kappa shape index (κ1) is 19.0. The number of aromatic hydroxyl groups is 1. The van der Waals surface area contributed by atoms with Crippen LogP contribution >= 0.6 is 46.1 Å². The summed E-state index contributed by atoms with van der Waals surface area (Å²) in [5.74, 6) is -0.410. The van der Waals surface area contributed by atoms with Crippen LogP contribution in [0, 0.1) is 0 Å². The topological polar surface area (TPSA) is 61.7 Å². The van der Waals surface area contributed by atoms with Gasteiger partial charge in [0, 0.05) is 20.7 Å². The Kier molecular flexibility index (Phi) is 5.17. The van der Waals surface area contributed by atoms with E-state index < -0.39 is 5.91 Å². The lowest BCUT2D eigenvalue weighted by molar-refractivity contribution is 0.0959. The fourth-order valence-corrected chi connectivity index (χ4v) is 5.15. The molecule has 28 heavy (non-hydrogen) atoms. The van der Waals surface area contributed by atoms with Crippen molar-refractivity contribution in [2.45, 2.75) is 0 Å². The van der Waals surface area contributed by atoms with Crippen LogP contribution in [0.25, 0.3) is 20.9 Å². The molecule has 4 nitrogen and oxygen atoms in total. The monoisotopic (exact) mass is 448 g/mol. The zero-order valence-electron chi connectivity index (χ0n) is 14.0. The third-order valence-electron chi connectivity index (χ3n) is 4.16. The Hall–Kier alpha value is -2.31. The molecule has 4 aromatic rings. The summed E-state index contributed by atoms with van der Waals surface area (Å²) >= 11 is 19.7. The molecule has 0 fully saturated rings. The number of hydrogen-bond acceptors (Lipinski definition) is 4. The molecule has 0 radical (unpaired) electrons. The van der Waals surface area contributed by atoms with Gasteiger partial charge in [-0.25, -0.2) is 5.43 Å². The van der Waals surface area contributed by atoms with Crippen LogP contribution in [0.4, 0.5) is 0 Å². The van der Waals surface area contributed by atoms with Crippen LogP contribution < -0.4 is 5.43 Å². The second-order valence-corrected chi connectivity index (χ2v) is 8.20. The Morgan fingerprint density at radius 1 is 1.11 bits per heavy atom. The highest BCUT2D eigenvalue weighted by molar-refractivity contribution is 7.21. The number of nitrogens with one attached hydrogen (secondary N) is 1. The summed E-state index contributed by atoms with van der Waals surface area (Å²) < 4.78 is 0.711. The van der Waals surface area contributed by atoms with Gasteiger partial charge in [0.15, 0.2) is 0 Å². The molecular weight excluding hydrogens is 439 g/mol. The molecule has 0 aliphatic rings. The first-order valence-electron chi connectivity index (χ1n) is 8.07. The number of carbonyl (C=O) groups is 1. The number of nitrogens with zero attached hydrogens (tertiary/aromatic N) is 1. The van der Waals surface area contributed by atoms with Crippen molar-refractivity contribution in [3.63, 3.8) is 0 Å². The number of fused-ring (bicyclic) bond motifs is 2. The standard InChI is InChI=1S/C20H11Cl3N2O2S/c21-11-7-14(22)17-16(8-11)28-19(18(17)23)20(27)25-24-9-13-12-4-2-1-3-10(12)5-6-15(13)26/h1-9,26H,(H,25,27)/b24-9+. The van der Waals surface area contributed by atoms with Crippen molar-refractivity contribution in [1.29, 1.82) is 0 Å². The van der Waals surface area contributed by atoms with Crippen LogP contribution in [-0.4, -0.2) is 17.2 Å². The molecule has 2 N–H and O–H groups in total. The van der Waals surface area contributed by atoms with Crippen molar-refractivity contribution in [2.75, 3.05) is 0 Å². The maximum atomic E-state index is 12.5. The lowest BCUT2D eigenvalue weighted by Gasteiger charge is -2.04. The number of hydrazone groups is 1. The lowest BCUT2D eigenvalue weighted by atomic mass is 10.0. The fourth-order valence-electron chi connectivity index (χ4n) is 2.88. The first-order valence-corrected chi connectivity index (χ1v) is 10.0. The van der Waals surface area contributed by atoms with Gasteiger partial charge >= 0.3 is 0 Å². The molecule has 1 heterocycles. The highest BCUT2D eigenvalue weighted by Crippen LogP contribution is 2.41. The van der Waals surface area contributed by atoms with E-state index in [-0.39, 0.29) is 15.6 Å². The fraction of sp³-hybridized carbons (Fsp3) is 0. The van der Waals surface area contributed by atoms with E-state index in [2.05, 4.69) is 10.5 Å². The minimum Gasteiger partial charge on any atom is -0.507 e. The maximum Gasteiger partial charge on any atom is 0.283 e. The van der Waals surface area contributed by atoms with E-state index in [1.165, 1.54) is 17.6 Å². The molecule has 0 unspecified atom stereocenters. The Bertz CT molecular complexity index is 1270. The van der Waals surface area contributed by atoms with Crippen LogP contribution in [0.15, 0.2) is 53.6 Å².